The SMILES string of the molecule is CCC(CC)CC(NC)C1Cc2ccccc2C1. The lowest BCUT2D eigenvalue weighted by molar-refractivity contribution is 0.300. The highest BCUT2D eigenvalue weighted by atomic mass is 14.9. The Kier molecular flexibility index (Phi) is 4.82. The van der Waals surface area contributed by atoms with Crippen LogP contribution in [0.5, 0.6) is 0 Å². The van der Waals surface area contributed by atoms with Gasteiger partial charge in [-0.05, 0) is 49.3 Å². The molecule has 0 radical (unpaired) electrons. The van der Waals surface area contributed by atoms with Gasteiger partial charge >= 0.3 is 0 Å². The molecule has 1 aromatic carbocycles. The summed E-state index contributed by atoms with van der Waals surface area (Å²) in [5, 5.41) is 3.58. The molecule has 1 unspecified atom stereocenters. The van der Waals surface area contributed by atoms with E-state index in [4.69, 9.17) is 0 Å². The molecule has 18 heavy (non-hydrogen) atoms. The van der Waals surface area contributed by atoms with Crippen LogP contribution < -0.4 is 5.32 Å². The second-order valence-electron chi connectivity index (χ2n) is 5.75. The van der Waals surface area contributed by atoms with Gasteiger partial charge in [0.15, 0.2) is 0 Å². The minimum Gasteiger partial charge on any atom is -0.317 e. The molecular formula is C17H27N. The van der Waals surface area contributed by atoms with Crippen molar-refractivity contribution in [1.29, 1.82) is 0 Å². The molecule has 0 fully saturated rings. The molecule has 2 rings (SSSR count). The summed E-state index contributed by atoms with van der Waals surface area (Å²) < 4.78 is 0. The van der Waals surface area contributed by atoms with Crippen molar-refractivity contribution in [3.63, 3.8) is 0 Å². The van der Waals surface area contributed by atoms with E-state index >= 15 is 0 Å². The lowest BCUT2D eigenvalue weighted by atomic mass is 9.86. The Morgan fingerprint density at radius 1 is 1.11 bits per heavy atom. The van der Waals surface area contributed by atoms with Crippen LogP contribution in [-0.4, -0.2) is 13.1 Å². The molecule has 1 nitrogen and oxygen atoms in total. The molecule has 1 aliphatic carbocycles. The summed E-state index contributed by atoms with van der Waals surface area (Å²) in [6.45, 7) is 4.65. The maximum Gasteiger partial charge on any atom is 0.0101 e. The molecule has 1 aromatic rings. The quantitative estimate of drug-likeness (QED) is 0.803. The summed E-state index contributed by atoms with van der Waals surface area (Å²) in [7, 11) is 2.13. The lowest BCUT2D eigenvalue weighted by Crippen LogP contribution is -2.35. The van der Waals surface area contributed by atoms with Crippen LogP contribution >= 0.6 is 0 Å². The summed E-state index contributed by atoms with van der Waals surface area (Å²) in [4.78, 5) is 0. The first kappa shape index (κ1) is 13.6. The maximum atomic E-state index is 3.58. The molecule has 1 atom stereocenters. The fourth-order valence-electron chi connectivity index (χ4n) is 3.40. The van der Waals surface area contributed by atoms with Crippen LogP contribution in [0.1, 0.15) is 44.2 Å². The Balaban J connectivity index is 1.99. The molecular weight excluding hydrogens is 218 g/mol. The van der Waals surface area contributed by atoms with Crippen molar-refractivity contribution >= 4 is 0 Å². The fourth-order valence-corrected chi connectivity index (χ4v) is 3.40. The molecule has 1 N–H and O–H groups in total. The number of fused-ring (bicyclic) bond motifs is 1. The predicted molar refractivity (Wildman–Crippen MR) is 78.9 cm³/mol. The van der Waals surface area contributed by atoms with Gasteiger partial charge in [0, 0.05) is 6.04 Å². The molecule has 0 saturated carbocycles. The third kappa shape index (κ3) is 2.95. The summed E-state index contributed by atoms with van der Waals surface area (Å²) in [5.41, 5.74) is 3.15. The van der Waals surface area contributed by atoms with Gasteiger partial charge in [0.2, 0.25) is 0 Å². The van der Waals surface area contributed by atoms with E-state index in [-0.39, 0.29) is 0 Å². The third-order valence-corrected chi connectivity index (χ3v) is 4.76. The van der Waals surface area contributed by atoms with Crippen LogP contribution in [-0.2, 0) is 12.8 Å². The standard InChI is InChI=1S/C17H27N/c1-4-13(5-2)10-17(18-3)16-11-14-8-6-7-9-15(14)12-16/h6-9,13,16-18H,4-5,10-12H2,1-3H3. The van der Waals surface area contributed by atoms with Crippen LogP contribution in [0.25, 0.3) is 0 Å². The predicted octanol–water partition coefficient (Wildman–Crippen LogP) is 3.82. The van der Waals surface area contributed by atoms with E-state index in [1.54, 1.807) is 11.1 Å². The first-order valence-corrected chi connectivity index (χ1v) is 7.52. The number of hydrogen-bond donors (Lipinski definition) is 1. The summed E-state index contributed by atoms with van der Waals surface area (Å²) in [5.74, 6) is 1.68. The molecule has 1 heteroatoms. The molecule has 0 saturated heterocycles. The van der Waals surface area contributed by atoms with Gasteiger partial charge in [-0.2, -0.15) is 0 Å². The minimum absolute atomic E-state index is 0.683. The van der Waals surface area contributed by atoms with Crippen LogP contribution in [0, 0.1) is 11.8 Å². The highest BCUT2D eigenvalue weighted by Crippen LogP contribution is 2.31. The van der Waals surface area contributed by atoms with Crippen molar-refractivity contribution < 1.29 is 0 Å². The largest absolute Gasteiger partial charge is 0.317 e. The van der Waals surface area contributed by atoms with Gasteiger partial charge in [0.1, 0.15) is 0 Å². The molecule has 1 aliphatic rings. The van der Waals surface area contributed by atoms with Crippen molar-refractivity contribution in [2.45, 2.75) is 52.0 Å². The molecule has 0 heterocycles. The second kappa shape index (κ2) is 6.38. The summed E-state index contributed by atoms with van der Waals surface area (Å²) in [6.07, 6.45) is 6.49. The maximum absolute atomic E-state index is 3.58. The van der Waals surface area contributed by atoms with E-state index in [2.05, 4.69) is 50.5 Å². The average molecular weight is 245 g/mol. The number of benzene rings is 1. The van der Waals surface area contributed by atoms with Crippen LogP contribution in [0.3, 0.4) is 0 Å². The molecule has 0 bridgehead atoms. The van der Waals surface area contributed by atoms with Crippen molar-refractivity contribution in [2.24, 2.45) is 11.8 Å². The zero-order valence-electron chi connectivity index (χ0n) is 12.1. The molecule has 0 amide bonds. The highest BCUT2D eigenvalue weighted by Gasteiger charge is 2.28. The highest BCUT2D eigenvalue weighted by molar-refractivity contribution is 5.32. The van der Waals surface area contributed by atoms with Gasteiger partial charge in [0.05, 0.1) is 0 Å². The zero-order valence-corrected chi connectivity index (χ0v) is 12.1. The van der Waals surface area contributed by atoms with Gasteiger partial charge in [-0.1, -0.05) is 51.0 Å². The molecule has 100 valence electrons. The Labute approximate surface area is 112 Å². The normalized spacial score (nSPS) is 17.1. The number of hydrogen-bond acceptors (Lipinski definition) is 1. The first-order chi connectivity index (χ1) is 8.78. The Morgan fingerprint density at radius 2 is 1.67 bits per heavy atom. The van der Waals surface area contributed by atoms with E-state index in [9.17, 15) is 0 Å². The topological polar surface area (TPSA) is 12.0 Å². The van der Waals surface area contributed by atoms with Gasteiger partial charge in [-0.25, -0.2) is 0 Å². The Bertz CT molecular complexity index is 343. The smallest absolute Gasteiger partial charge is 0.0101 e. The van der Waals surface area contributed by atoms with Crippen molar-refractivity contribution in [1.82, 2.24) is 5.32 Å². The minimum atomic E-state index is 0.683. The first-order valence-electron chi connectivity index (χ1n) is 7.52. The van der Waals surface area contributed by atoms with Gasteiger partial charge in [-0.3, -0.25) is 0 Å². The van der Waals surface area contributed by atoms with E-state index in [1.165, 1.54) is 32.1 Å². The lowest BCUT2D eigenvalue weighted by Gasteiger charge is -2.26. The molecule has 0 aromatic heterocycles. The number of rotatable bonds is 6. The van der Waals surface area contributed by atoms with E-state index in [0.29, 0.717) is 6.04 Å². The van der Waals surface area contributed by atoms with Gasteiger partial charge < -0.3 is 5.32 Å². The Morgan fingerprint density at radius 3 is 2.11 bits per heavy atom. The van der Waals surface area contributed by atoms with E-state index in [1.807, 2.05) is 0 Å². The van der Waals surface area contributed by atoms with E-state index < -0.39 is 0 Å². The third-order valence-electron chi connectivity index (χ3n) is 4.76. The van der Waals surface area contributed by atoms with Crippen LogP contribution in [0.15, 0.2) is 24.3 Å². The van der Waals surface area contributed by atoms with Crippen molar-refractivity contribution in [3.05, 3.63) is 35.4 Å². The average Bonchev–Trinajstić information content (AvgIpc) is 2.84. The summed E-state index contributed by atoms with van der Waals surface area (Å²) in [6, 6.07) is 9.65. The van der Waals surface area contributed by atoms with Gasteiger partial charge in [-0.15, -0.1) is 0 Å². The zero-order chi connectivity index (χ0) is 13.0. The summed E-state index contributed by atoms with van der Waals surface area (Å²) >= 11 is 0. The monoisotopic (exact) mass is 245 g/mol. The van der Waals surface area contributed by atoms with Gasteiger partial charge in [0.25, 0.3) is 0 Å². The van der Waals surface area contributed by atoms with Crippen molar-refractivity contribution in [2.75, 3.05) is 7.05 Å². The molecule has 0 aliphatic heterocycles. The number of nitrogens with one attached hydrogen (secondary N) is 1. The van der Waals surface area contributed by atoms with E-state index in [0.717, 1.165) is 11.8 Å². The van der Waals surface area contributed by atoms with Crippen molar-refractivity contribution in [3.8, 4) is 0 Å². The second-order valence-corrected chi connectivity index (χ2v) is 5.75. The molecule has 0 spiro atoms. The van der Waals surface area contributed by atoms with Crippen LogP contribution in [0.2, 0.25) is 0 Å². The Hall–Kier alpha value is -0.820. The van der Waals surface area contributed by atoms with Crippen LogP contribution in [0.4, 0.5) is 0 Å². The fraction of sp³-hybridized carbons (Fsp3) is 0.647.